The van der Waals surface area contributed by atoms with Gasteiger partial charge in [0.05, 0.1) is 11.0 Å². The molecule has 7 heteroatoms. The van der Waals surface area contributed by atoms with E-state index in [2.05, 4.69) is 4.98 Å². The smallest absolute Gasteiger partial charge is 0.244 e. The lowest BCUT2D eigenvalue weighted by atomic mass is 10.2. The molecule has 0 aliphatic carbocycles. The lowest BCUT2D eigenvalue weighted by molar-refractivity contribution is -0.142. The third-order valence-electron chi connectivity index (χ3n) is 5.44. The zero-order valence-corrected chi connectivity index (χ0v) is 17.3. The van der Waals surface area contributed by atoms with Crippen LogP contribution in [0.25, 0.3) is 11.0 Å². The van der Waals surface area contributed by atoms with Gasteiger partial charge in [0.25, 0.3) is 0 Å². The van der Waals surface area contributed by atoms with Gasteiger partial charge in [0.1, 0.15) is 30.8 Å². The molecule has 3 aromatic rings. The summed E-state index contributed by atoms with van der Waals surface area (Å²) in [4.78, 5) is 33.6. The van der Waals surface area contributed by atoms with Crippen LogP contribution < -0.4 is 4.74 Å². The first-order valence-electron chi connectivity index (χ1n) is 10.2. The van der Waals surface area contributed by atoms with Gasteiger partial charge in [-0.05, 0) is 37.1 Å². The second-order valence-corrected chi connectivity index (χ2v) is 7.68. The van der Waals surface area contributed by atoms with Crippen LogP contribution in [0, 0.1) is 0 Å². The fraction of sp³-hybridized carbons (Fsp3) is 0.348. The minimum Gasteiger partial charge on any atom is -0.486 e. The van der Waals surface area contributed by atoms with Crippen LogP contribution >= 0.6 is 0 Å². The van der Waals surface area contributed by atoms with E-state index in [4.69, 9.17) is 4.74 Å². The van der Waals surface area contributed by atoms with Gasteiger partial charge in [-0.15, -0.1) is 0 Å². The summed E-state index contributed by atoms with van der Waals surface area (Å²) in [7, 11) is 3.46. The van der Waals surface area contributed by atoms with E-state index in [1.807, 2.05) is 59.2 Å². The van der Waals surface area contributed by atoms with Crippen LogP contribution in [-0.2, 0) is 22.7 Å². The molecule has 1 aliphatic heterocycles. The Hall–Kier alpha value is -3.35. The number of hydrogen-bond acceptors (Lipinski definition) is 4. The summed E-state index contributed by atoms with van der Waals surface area (Å²) in [6.45, 7) is 0.989. The number of likely N-dealkylation sites (N-methyl/N-ethyl adjacent to an activating group) is 1. The van der Waals surface area contributed by atoms with Gasteiger partial charge in [0.2, 0.25) is 11.8 Å². The molecule has 2 heterocycles. The minimum atomic E-state index is -0.383. The van der Waals surface area contributed by atoms with Crippen LogP contribution in [0.4, 0.5) is 0 Å². The molecule has 0 bridgehead atoms. The number of carbonyl (C=O) groups is 2. The molecule has 1 aromatic heterocycles. The molecule has 7 nitrogen and oxygen atoms in total. The Kier molecular flexibility index (Phi) is 5.70. The molecule has 156 valence electrons. The molecule has 4 rings (SSSR count). The third kappa shape index (κ3) is 4.01. The molecule has 1 fully saturated rings. The molecule has 0 saturated carbocycles. The molecule has 1 aliphatic rings. The van der Waals surface area contributed by atoms with Gasteiger partial charge in [-0.3, -0.25) is 9.59 Å². The molecule has 30 heavy (non-hydrogen) atoms. The number of carbonyl (C=O) groups excluding carboxylic acids is 2. The Morgan fingerprint density at radius 2 is 1.83 bits per heavy atom. The molecule has 1 atom stereocenters. The number of amides is 2. The standard InChI is InChI=1S/C23H26N4O3/c1-25(2)23(29)20-13-8-14-26(20)22(28)15-27-19-12-7-6-11-18(19)24-21(27)16-30-17-9-4-3-5-10-17/h3-7,9-12,20H,8,13-16H2,1-2H3. The minimum absolute atomic E-state index is 0.0241. The van der Waals surface area contributed by atoms with E-state index in [1.54, 1.807) is 23.9 Å². The van der Waals surface area contributed by atoms with E-state index in [1.165, 1.54) is 0 Å². The number of para-hydroxylation sites is 3. The average Bonchev–Trinajstić information content (AvgIpc) is 3.38. The summed E-state index contributed by atoms with van der Waals surface area (Å²) in [5.74, 6) is 1.34. The third-order valence-corrected chi connectivity index (χ3v) is 5.44. The number of likely N-dealkylation sites (tertiary alicyclic amines) is 1. The van der Waals surface area contributed by atoms with Crippen molar-refractivity contribution in [3.63, 3.8) is 0 Å². The highest BCUT2D eigenvalue weighted by Gasteiger charge is 2.35. The Morgan fingerprint density at radius 1 is 1.10 bits per heavy atom. The van der Waals surface area contributed by atoms with Crippen molar-refractivity contribution in [2.24, 2.45) is 0 Å². The number of hydrogen-bond donors (Lipinski definition) is 0. The summed E-state index contributed by atoms with van der Waals surface area (Å²) in [5, 5.41) is 0. The number of benzene rings is 2. The molecule has 2 aromatic carbocycles. The number of fused-ring (bicyclic) bond motifs is 1. The van der Waals surface area contributed by atoms with Crippen LogP contribution in [0.5, 0.6) is 5.75 Å². The maximum absolute atomic E-state index is 13.2. The highest BCUT2D eigenvalue weighted by atomic mass is 16.5. The second kappa shape index (κ2) is 8.57. The van der Waals surface area contributed by atoms with Gasteiger partial charge in [0.15, 0.2) is 0 Å². The SMILES string of the molecule is CN(C)C(=O)C1CCCN1C(=O)Cn1c(COc2ccccc2)nc2ccccc21. The van der Waals surface area contributed by atoms with Gasteiger partial charge in [0, 0.05) is 20.6 Å². The molecule has 0 spiro atoms. The summed E-state index contributed by atoms with van der Waals surface area (Å²) >= 11 is 0. The Balaban J connectivity index is 1.58. The maximum atomic E-state index is 13.2. The van der Waals surface area contributed by atoms with Gasteiger partial charge in [-0.2, -0.15) is 0 Å². The second-order valence-electron chi connectivity index (χ2n) is 7.68. The summed E-state index contributed by atoms with van der Waals surface area (Å²) in [6, 6.07) is 16.9. The van der Waals surface area contributed by atoms with E-state index in [0.717, 1.165) is 23.2 Å². The average molecular weight is 406 g/mol. The van der Waals surface area contributed by atoms with Crippen molar-refractivity contribution >= 4 is 22.8 Å². The van der Waals surface area contributed by atoms with Gasteiger partial charge >= 0.3 is 0 Å². The van der Waals surface area contributed by atoms with E-state index in [9.17, 15) is 9.59 Å². The van der Waals surface area contributed by atoms with Crippen molar-refractivity contribution < 1.29 is 14.3 Å². The van der Waals surface area contributed by atoms with Crippen molar-refractivity contribution in [2.45, 2.75) is 32.0 Å². The van der Waals surface area contributed by atoms with Gasteiger partial charge < -0.3 is 19.1 Å². The number of ether oxygens (including phenoxy) is 1. The summed E-state index contributed by atoms with van der Waals surface area (Å²) in [5.41, 5.74) is 1.70. The molecule has 0 radical (unpaired) electrons. The number of nitrogens with zero attached hydrogens (tertiary/aromatic N) is 4. The quantitative estimate of drug-likeness (QED) is 0.631. The summed E-state index contributed by atoms with van der Waals surface area (Å²) < 4.78 is 7.79. The molecule has 1 unspecified atom stereocenters. The lowest BCUT2D eigenvalue weighted by Gasteiger charge is -2.26. The van der Waals surface area contributed by atoms with Crippen LogP contribution in [0.1, 0.15) is 18.7 Å². The van der Waals surface area contributed by atoms with Crippen molar-refractivity contribution in [3.05, 3.63) is 60.4 Å². The monoisotopic (exact) mass is 406 g/mol. The van der Waals surface area contributed by atoms with E-state index in [0.29, 0.717) is 18.8 Å². The van der Waals surface area contributed by atoms with Crippen molar-refractivity contribution in [1.29, 1.82) is 0 Å². The van der Waals surface area contributed by atoms with Crippen LogP contribution in [0.2, 0.25) is 0 Å². The highest BCUT2D eigenvalue weighted by molar-refractivity contribution is 5.88. The van der Waals surface area contributed by atoms with Crippen molar-refractivity contribution in [2.75, 3.05) is 20.6 Å². The van der Waals surface area contributed by atoms with E-state index >= 15 is 0 Å². The van der Waals surface area contributed by atoms with Gasteiger partial charge in [-0.25, -0.2) is 4.98 Å². The number of aromatic nitrogens is 2. The Labute approximate surface area is 175 Å². The van der Waals surface area contributed by atoms with Gasteiger partial charge in [-0.1, -0.05) is 30.3 Å². The first-order chi connectivity index (χ1) is 14.5. The predicted molar refractivity (Wildman–Crippen MR) is 114 cm³/mol. The number of imidazole rings is 1. The van der Waals surface area contributed by atoms with Crippen LogP contribution in [-0.4, -0.2) is 57.8 Å². The largest absolute Gasteiger partial charge is 0.486 e. The zero-order chi connectivity index (χ0) is 21.1. The molecule has 2 amide bonds. The topological polar surface area (TPSA) is 67.7 Å². The first-order valence-corrected chi connectivity index (χ1v) is 10.2. The Morgan fingerprint density at radius 3 is 2.60 bits per heavy atom. The highest BCUT2D eigenvalue weighted by Crippen LogP contribution is 2.22. The molecular formula is C23H26N4O3. The lowest BCUT2D eigenvalue weighted by Crippen LogP contribution is -2.46. The van der Waals surface area contributed by atoms with E-state index in [-0.39, 0.29) is 31.0 Å². The Bertz CT molecular complexity index is 1050. The predicted octanol–water partition coefficient (Wildman–Crippen LogP) is 2.69. The summed E-state index contributed by atoms with van der Waals surface area (Å²) in [6.07, 6.45) is 1.54. The number of rotatable bonds is 6. The molecule has 0 N–H and O–H groups in total. The van der Waals surface area contributed by atoms with Crippen LogP contribution in [0.15, 0.2) is 54.6 Å². The fourth-order valence-electron chi connectivity index (χ4n) is 3.92. The molecular weight excluding hydrogens is 380 g/mol. The zero-order valence-electron chi connectivity index (χ0n) is 17.3. The first kappa shape index (κ1) is 19.9. The van der Waals surface area contributed by atoms with Crippen LogP contribution in [0.3, 0.4) is 0 Å². The normalized spacial score (nSPS) is 16.1. The van der Waals surface area contributed by atoms with Crippen molar-refractivity contribution in [3.8, 4) is 5.75 Å². The fourth-order valence-corrected chi connectivity index (χ4v) is 3.92. The van der Waals surface area contributed by atoms with E-state index < -0.39 is 0 Å². The molecule has 1 saturated heterocycles. The maximum Gasteiger partial charge on any atom is 0.244 e. The van der Waals surface area contributed by atoms with Crippen molar-refractivity contribution in [1.82, 2.24) is 19.4 Å².